The number of hydrogen-bond donors (Lipinski definition) is 2. The highest BCUT2D eigenvalue weighted by molar-refractivity contribution is 6.30. The summed E-state index contributed by atoms with van der Waals surface area (Å²) in [4.78, 5) is 0. The minimum Gasteiger partial charge on any atom is -0.389 e. The van der Waals surface area contributed by atoms with Gasteiger partial charge < -0.3 is 11.5 Å². The predicted molar refractivity (Wildman–Crippen MR) is 55.1 cm³/mol. The molecule has 0 aromatic rings. The summed E-state index contributed by atoms with van der Waals surface area (Å²) < 4.78 is 0. The van der Waals surface area contributed by atoms with E-state index in [2.05, 4.69) is 0 Å². The fourth-order valence-electron chi connectivity index (χ4n) is 0.684. The highest BCUT2D eigenvalue weighted by Gasteiger charge is 1.99. The molecule has 0 saturated carbocycles. The second-order valence-corrected chi connectivity index (χ2v) is 3.42. The second-order valence-electron chi connectivity index (χ2n) is 2.19. The lowest BCUT2D eigenvalue weighted by atomic mass is 10.1. The molecule has 0 spiro atoms. The van der Waals surface area contributed by atoms with Crippen LogP contribution in [-0.4, -0.2) is 5.88 Å². The molecule has 70 valence electrons. The van der Waals surface area contributed by atoms with Crippen LogP contribution in [0.3, 0.4) is 0 Å². The summed E-state index contributed by atoms with van der Waals surface area (Å²) in [6.07, 6.45) is 3.02. The van der Waals surface area contributed by atoms with Gasteiger partial charge in [0, 0.05) is 5.88 Å². The van der Waals surface area contributed by atoms with E-state index in [4.69, 9.17) is 46.3 Å². The van der Waals surface area contributed by atoms with Crippen LogP contribution in [0.15, 0.2) is 22.0 Å². The summed E-state index contributed by atoms with van der Waals surface area (Å²) in [6.45, 7) is 0. The molecule has 0 bridgehead atoms. The largest absolute Gasteiger partial charge is 0.389 e. The van der Waals surface area contributed by atoms with Gasteiger partial charge in [-0.3, -0.25) is 0 Å². The Labute approximate surface area is 87.1 Å². The van der Waals surface area contributed by atoms with Crippen LogP contribution in [0.4, 0.5) is 0 Å². The van der Waals surface area contributed by atoms with Crippen LogP contribution in [0.1, 0.15) is 12.8 Å². The minimum absolute atomic E-state index is 0.170. The fourth-order valence-corrected chi connectivity index (χ4v) is 1.10. The predicted octanol–water partition coefficient (Wildman–Crippen LogP) is 2.45. The van der Waals surface area contributed by atoms with E-state index in [9.17, 15) is 0 Å². The van der Waals surface area contributed by atoms with Crippen LogP contribution >= 0.6 is 34.8 Å². The van der Waals surface area contributed by atoms with Crippen molar-refractivity contribution >= 4 is 34.8 Å². The normalized spacial score (nSPS) is 14.4. The Hall–Kier alpha value is -0.0500. The Kier molecular flexibility index (Phi) is 6.44. The monoisotopic (exact) mass is 228 g/mol. The van der Waals surface area contributed by atoms with E-state index < -0.39 is 0 Å². The second kappa shape index (κ2) is 6.46. The molecule has 5 heteroatoms. The SMILES string of the molecule is N/C(Cl)=C\C(CCCCl)=C(/N)Cl. The van der Waals surface area contributed by atoms with E-state index in [1.54, 1.807) is 0 Å². The molecule has 4 N–H and O–H groups in total. The first-order valence-corrected chi connectivity index (χ1v) is 4.69. The van der Waals surface area contributed by atoms with Gasteiger partial charge in [0.15, 0.2) is 0 Å². The molecule has 0 fully saturated rings. The van der Waals surface area contributed by atoms with Gasteiger partial charge in [0.05, 0.1) is 5.16 Å². The smallest absolute Gasteiger partial charge is 0.102 e. The zero-order valence-electron chi connectivity index (χ0n) is 6.49. The number of halogens is 3. The molecule has 0 aliphatic heterocycles. The molecule has 0 heterocycles. The summed E-state index contributed by atoms with van der Waals surface area (Å²) >= 11 is 16.5. The van der Waals surface area contributed by atoms with Crippen molar-refractivity contribution in [2.45, 2.75) is 12.8 Å². The average molecular weight is 230 g/mol. The minimum atomic E-state index is 0.170. The molecule has 0 aromatic heterocycles. The van der Waals surface area contributed by atoms with Crippen LogP contribution < -0.4 is 11.5 Å². The van der Waals surface area contributed by atoms with E-state index in [1.807, 2.05) is 0 Å². The lowest BCUT2D eigenvalue weighted by Gasteiger charge is -2.01. The van der Waals surface area contributed by atoms with Crippen molar-refractivity contribution in [1.82, 2.24) is 0 Å². The first-order valence-electron chi connectivity index (χ1n) is 3.40. The van der Waals surface area contributed by atoms with Crippen molar-refractivity contribution in [3.8, 4) is 0 Å². The van der Waals surface area contributed by atoms with E-state index in [1.165, 1.54) is 6.08 Å². The highest BCUT2D eigenvalue weighted by Crippen LogP contribution is 2.14. The first-order chi connectivity index (χ1) is 5.57. The highest BCUT2D eigenvalue weighted by atomic mass is 35.5. The van der Waals surface area contributed by atoms with E-state index in [-0.39, 0.29) is 10.3 Å². The summed E-state index contributed by atoms with van der Waals surface area (Å²) in [6, 6.07) is 0. The van der Waals surface area contributed by atoms with Gasteiger partial charge in [0.2, 0.25) is 0 Å². The Morgan fingerprint density at radius 3 is 2.17 bits per heavy atom. The third kappa shape index (κ3) is 5.58. The van der Waals surface area contributed by atoms with Gasteiger partial charge in [-0.2, -0.15) is 0 Å². The Balaban J connectivity index is 4.27. The average Bonchev–Trinajstić information content (AvgIpc) is 1.96. The van der Waals surface area contributed by atoms with Gasteiger partial charge in [0.1, 0.15) is 5.16 Å². The molecule has 12 heavy (non-hydrogen) atoms. The molecule has 0 aliphatic rings. The molecular formula is C7H11Cl3N2. The number of nitrogens with two attached hydrogens (primary N) is 2. The van der Waals surface area contributed by atoms with Crippen molar-refractivity contribution in [2.75, 3.05) is 5.88 Å². The lowest BCUT2D eigenvalue weighted by molar-refractivity contribution is 0.925. The fraction of sp³-hybridized carbons (Fsp3) is 0.429. The summed E-state index contributed by atoms with van der Waals surface area (Å²) in [5.74, 6) is 0.559. The molecule has 0 radical (unpaired) electrons. The molecule has 0 amide bonds. The van der Waals surface area contributed by atoms with E-state index >= 15 is 0 Å². The topological polar surface area (TPSA) is 52.0 Å². The first kappa shape index (κ1) is 11.9. The Morgan fingerprint density at radius 1 is 1.25 bits per heavy atom. The molecule has 0 unspecified atom stereocenters. The van der Waals surface area contributed by atoms with Crippen LogP contribution in [0, 0.1) is 0 Å². The summed E-state index contributed by atoms with van der Waals surface area (Å²) in [7, 11) is 0. The van der Waals surface area contributed by atoms with Crippen molar-refractivity contribution < 1.29 is 0 Å². The lowest BCUT2D eigenvalue weighted by Crippen LogP contribution is -1.97. The molecule has 0 aromatic carbocycles. The zero-order valence-corrected chi connectivity index (χ0v) is 8.76. The van der Waals surface area contributed by atoms with Gasteiger partial charge in [-0.05, 0) is 24.5 Å². The number of rotatable bonds is 4. The van der Waals surface area contributed by atoms with Crippen molar-refractivity contribution in [1.29, 1.82) is 0 Å². The summed E-state index contributed by atoms with van der Waals surface area (Å²) in [5, 5.41) is 0.381. The van der Waals surface area contributed by atoms with Crippen molar-refractivity contribution in [2.24, 2.45) is 11.5 Å². The number of hydrogen-bond acceptors (Lipinski definition) is 2. The van der Waals surface area contributed by atoms with Gasteiger partial charge in [-0.25, -0.2) is 0 Å². The van der Waals surface area contributed by atoms with Gasteiger partial charge in [0.25, 0.3) is 0 Å². The molecule has 0 atom stereocenters. The third-order valence-electron chi connectivity index (χ3n) is 1.20. The number of allylic oxidation sites excluding steroid dienone is 2. The van der Waals surface area contributed by atoms with Crippen molar-refractivity contribution in [3.63, 3.8) is 0 Å². The standard InChI is InChI=1S/C7H11Cl3N2/c8-3-1-2-5(7(10)12)4-6(9)11/h4H,1-3,11-12H2/b6-4-,7-5-. The molecule has 2 nitrogen and oxygen atoms in total. The molecule has 0 rings (SSSR count). The Morgan fingerprint density at radius 2 is 1.83 bits per heavy atom. The Bertz CT molecular complexity index is 191. The van der Waals surface area contributed by atoms with Crippen LogP contribution in [-0.2, 0) is 0 Å². The van der Waals surface area contributed by atoms with E-state index in [0.717, 1.165) is 12.0 Å². The van der Waals surface area contributed by atoms with Crippen LogP contribution in [0.2, 0.25) is 0 Å². The van der Waals surface area contributed by atoms with Crippen molar-refractivity contribution in [3.05, 3.63) is 22.0 Å². The quantitative estimate of drug-likeness (QED) is 0.442. The van der Waals surface area contributed by atoms with E-state index in [0.29, 0.717) is 12.3 Å². The molecule has 0 saturated heterocycles. The maximum atomic E-state index is 5.58. The summed E-state index contributed by atoms with van der Waals surface area (Å²) in [5.41, 5.74) is 11.3. The van der Waals surface area contributed by atoms with Crippen LogP contribution in [0.5, 0.6) is 0 Å². The number of alkyl halides is 1. The van der Waals surface area contributed by atoms with Gasteiger partial charge >= 0.3 is 0 Å². The molecule has 0 aliphatic carbocycles. The maximum absolute atomic E-state index is 5.58. The zero-order chi connectivity index (χ0) is 9.56. The van der Waals surface area contributed by atoms with Gasteiger partial charge in [-0.1, -0.05) is 23.2 Å². The van der Waals surface area contributed by atoms with Gasteiger partial charge in [-0.15, -0.1) is 11.6 Å². The maximum Gasteiger partial charge on any atom is 0.102 e. The third-order valence-corrected chi connectivity index (χ3v) is 1.82. The van der Waals surface area contributed by atoms with Crippen LogP contribution in [0.25, 0.3) is 0 Å². The molecular weight excluding hydrogens is 218 g/mol.